The molecule has 176 valence electrons. The molecule has 12 heteroatoms. The maximum atomic E-state index is 13.5. The third kappa shape index (κ3) is 3.88. The van der Waals surface area contributed by atoms with Gasteiger partial charge in [0.25, 0.3) is 5.92 Å². The van der Waals surface area contributed by atoms with Crippen molar-refractivity contribution in [2.24, 2.45) is 5.92 Å². The predicted octanol–water partition coefficient (Wildman–Crippen LogP) is 3.84. The summed E-state index contributed by atoms with van der Waals surface area (Å²) in [7, 11) is -2.75. The zero-order valence-electron chi connectivity index (χ0n) is 18.2. The van der Waals surface area contributed by atoms with Gasteiger partial charge in [-0.3, -0.25) is 0 Å². The first-order valence-corrected chi connectivity index (χ1v) is 11.8. The molecule has 1 aliphatic heterocycles. The summed E-state index contributed by atoms with van der Waals surface area (Å²) in [6.07, 6.45) is 1.08. The quantitative estimate of drug-likeness (QED) is 0.528. The molecule has 1 atom stereocenters. The molecule has 1 unspecified atom stereocenters. The van der Waals surface area contributed by atoms with E-state index >= 15 is 0 Å². The van der Waals surface area contributed by atoms with E-state index in [0.29, 0.717) is 22.8 Å². The number of halogens is 2. The number of anilines is 2. The fourth-order valence-electron chi connectivity index (χ4n) is 3.83. The summed E-state index contributed by atoms with van der Waals surface area (Å²) in [6, 6.07) is 14.8. The maximum absolute atomic E-state index is 13.5. The average Bonchev–Trinajstić information content (AvgIpc) is 3.41. The summed E-state index contributed by atoms with van der Waals surface area (Å²) < 4.78 is 60.4. The molecule has 1 aromatic carbocycles. The van der Waals surface area contributed by atoms with E-state index in [1.807, 2.05) is 6.07 Å². The second-order valence-corrected chi connectivity index (χ2v) is 10.0. The Hall–Kier alpha value is -4.29. The number of nitriles is 2. The number of aromatic nitrogens is 2. The number of pyridine rings is 2. The van der Waals surface area contributed by atoms with Crippen molar-refractivity contribution in [1.29, 1.82) is 10.5 Å². The molecular weight excluding hydrogens is 478 g/mol. The molecule has 0 amide bonds. The fourth-order valence-corrected chi connectivity index (χ4v) is 5.24. The number of benzene rings is 1. The molecule has 0 bridgehead atoms. The van der Waals surface area contributed by atoms with E-state index in [2.05, 4.69) is 16.0 Å². The fraction of sp³-hybridized carbons (Fsp3) is 0.217. The van der Waals surface area contributed by atoms with Crippen molar-refractivity contribution in [2.75, 3.05) is 22.2 Å². The summed E-state index contributed by atoms with van der Waals surface area (Å²) in [5.74, 6) is -3.10. The van der Waals surface area contributed by atoms with Gasteiger partial charge in [-0.1, -0.05) is 0 Å². The Morgan fingerprint density at radius 3 is 2.57 bits per heavy atom. The molecule has 1 saturated carbocycles. The van der Waals surface area contributed by atoms with Crippen LogP contribution in [0.5, 0.6) is 11.5 Å². The molecule has 2 aromatic heterocycles. The monoisotopic (exact) mass is 494 g/mol. The second-order valence-electron chi connectivity index (χ2n) is 8.12. The number of rotatable bonds is 5. The smallest absolute Gasteiger partial charge is 0.327 e. The van der Waals surface area contributed by atoms with Gasteiger partial charge in [0, 0.05) is 43.8 Å². The average molecular weight is 494 g/mol. The number of hydrogen-bond acceptors (Lipinski definition) is 7. The molecule has 35 heavy (non-hydrogen) atoms. The van der Waals surface area contributed by atoms with Crippen LogP contribution in [-0.2, 0) is 10.2 Å². The van der Waals surface area contributed by atoms with Gasteiger partial charge >= 0.3 is 10.2 Å². The van der Waals surface area contributed by atoms with Crippen LogP contribution in [0.2, 0.25) is 0 Å². The summed E-state index contributed by atoms with van der Waals surface area (Å²) in [5, 5.41) is 18.6. The second kappa shape index (κ2) is 7.89. The highest BCUT2D eigenvalue weighted by Crippen LogP contribution is 2.51. The van der Waals surface area contributed by atoms with Crippen molar-refractivity contribution in [3.63, 3.8) is 0 Å². The summed E-state index contributed by atoms with van der Waals surface area (Å²) in [4.78, 5) is 8.34. The summed E-state index contributed by atoms with van der Waals surface area (Å²) in [5.41, 5.74) is 1.34. The molecule has 5 rings (SSSR count). The van der Waals surface area contributed by atoms with E-state index in [0.717, 1.165) is 8.61 Å². The molecule has 0 saturated heterocycles. The molecule has 9 nitrogen and oxygen atoms in total. The molecular formula is C23H16F2N6O3S. The van der Waals surface area contributed by atoms with Gasteiger partial charge < -0.3 is 4.74 Å². The van der Waals surface area contributed by atoms with Gasteiger partial charge in [-0.15, -0.1) is 0 Å². The van der Waals surface area contributed by atoms with Crippen molar-refractivity contribution in [2.45, 2.75) is 12.3 Å². The van der Waals surface area contributed by atoms with Crippen molar-refractivity contribution < 1.29 is 21.9 Å². The van der Waals surface area contributed by atoms with E-state index in [1.54, 1.807) is 18.2 Å². The highest BCUT2D eigenvalue weighted by Gasteiger charge is 2.59. The van der Waals surface area contributed by atoms with Gasteiger partial charge in [0.2, 0.25) is 0 Å². The van der Waals surface area contributed by atoms with Gasteiger partial charge in [0.15, 0.2) is 5.82 Å². The standard InChI is InChI=1S/C23H16F2N6O3S/c1-30-22-21(31(35(30,32)33)13-15-10-23(15,24)25)5-4-20(29-22)19-9-17(3-2-14(19)11-26)34-18-6-7-28-16(8-18)12-27/h2-9,15H,10,13H2,1H3. The molecule has 0 radical (unpaired) electrons. The van der Waals surface area contributed by atoms with E-state index in [4.69, 9.17) is 10.00 Å². The van der Waals surface area contributed by atoms with Crippen LogP contribution in [0.3, 0.4) is 0 Å². The lowest BCUT2D eigenvalue weighted by Crippen LogP contribution is -2.37. The number of nitrogens with zero attached hydrogens (tertiary/aromatic N) is 6. The number of hydrogen-bond donors (Lipinski definition) is 0. The Labute approximate surface area is 199 Å². The van der Waals surface area contributed by atoms with Gasteiger partial charge in [-0.2, -0.15) is 18.9 Å². The van der Waals surface area contributed by atoms with Crippen LogP contribution in [-0.4, -0.2) is 37.9 Å². The summed E-state index contributed by atoms with van der Waals surface area (Å²) in [6.45, 7) is -0.336. The van der Waals surface area contributed by atoms with Crippen molar-refractivity contribution in [1.82, 2.24) is 9.97 Å². The summed E-state index contributed by atoms with van der Waals surface area (Å²) >= 11 is 0. The van der Waals surface area contributed by atoms with Crippen LogP contribution in [0.1, 0.15) is 17.7 Å². The van der Waals surface area contributed by atoms with E-state index in [1.165, 1.54) is 37.5 Å². The van der Waals surface area contributed by atoms with Crippen LogP contribution in [0.4, 0.5) is 20.3 Å². The predicted molar refractivity (Wildman–Crippen MR) is 121 cm³/mol. The highest BCUT2D eigenvalue weighted by atomic mass is 32.2. The van der Waals surface area contributed by atoms with Crippen molar-refractivity contribution in [3.05, 3.63) is 59.9 Å². The van der Waals surface area contributed by atoms with Crippen LogP contribution in [0.15, 0.2) is 48.7 Å². The van der Waals surface area contributed by atoms with Crippen LogP contribution >= 0.6 is 0 Å². The van der Waals surface area contributed by atoms with Gasteiger partial charge in [0.1, 0.15) is 23.3 Å². The van der Waals surface area contributed by atoms with Crippen LogP contribution in [0.25, 0.3) is 11.3 Å². The maximum Gasteiger partial charge on any atom is 0.327 e. The zero-order chi connectivity index (χ0) is 25.0. The number of ether oxygens (including phenoxy) is 1. The molecule has 0 N–H and O–H groups in total. The SMILES string of the molecule is CN1c2nc(-c3cc(Oc4ccnc(C#N)c4)ccc3C#N)ccc2N(CC2CC2(F)F)S1(=O)=O. The minimum atomic E-state index is -4.05. The number of alkyl halides is 2. The van der Waals surface area contributed by atoms with E-state index in [9.17, 15) is 22.5 Å². The van der Waals surface area contributed by atoms with Crippen LogP contribution in [0, 0.1) is 28.6 Å². The Morgan fingerprint density at radius 2 is 1.89 bits per heavy atom. The normalized spacial score (nSPS) is 18.9. The van der Waals surface area contributed by atoms with E-state index in [-0.39, 0.29) is 35.7 Å². The molecule has 1 aliphatic carbocycles. The topological polar surface area (TPSA) is 123 Å². The van der Waals surface area contributed by atoms with Crippen molar-refractivity contribution >= 4 is 21.7 Å². The molecule has 3 heterocycles. The molecule has 0 spiro atoms. The minimum absolute atomic E-state index is 0.0782. The largest absolute Gasteiger partial charge is 0.457 e. The first kappa shape index (κ1) is 22.5. The third-order valence-electron chi connectivity index (χ3n) is 5.86. The Kier molecular flexibility index (Phi) is 5.07. The highest BCUT2D eigenvalue weighted by molar-refractivity contribution is 7.94. The van der Waals surface area contributed by atoms with Gasteiger partial charge in [0.05, 0.1) is 23.0 Å². The Bertz CT molecular complexity index is 1550. The third-order valence-corrected chi connectivity index (χ3v) is 7.62. The lowest BCUT2D eigenvalue weighted by molar-refractivity contribution is 0.101. The first-order valence-electron chi connectivity index (χ1n) is 10.4. The van der Waals surface area contributed by atoms with Crippen molar-refractivity contribution in [3.8, 4) is 34.9 Å². The first-order chi connectivity index (χ1) is 16.6. The molecule has 2 aliphatic rings. The molecule has 1 fully saturated rings. The van der Waals surface area contributed by atoms with E-state index < -0.39 is 22.0 Å². The van der Waals surface area contributed by atoms with Gasteiger partial charge in [-0.25, -0.2) is 27.4 Å². The Morgan fingerprint density at radius 1 is 1.14 bits per heavy atom. The Balaban J connectivity index is 1.51. The lowest BCUT2D eigenvalue weighted by Gasteiger charge is -2.18. The minimum Gasteiger partial charge on any atom is -0.457 e. The number of fused-ring (bicyclic) bond motifs is 1. The van der Waals surface area contributed by atoms with Gasteiger partial charge in [-0.05, 0) is 36.4 Å². The molecule has 3 aromatic rings. The van der Waals surface area contributed by atoms with Crippen LogP contribution < -0.4 is 13.3 Å². The zero-order valence-corrected chi connectivity index (χ0v) is 19.0. The lowest BCUT2D eigenvalue weighted by atomic mass is 10.0.